The van der Waals surface area contributed by atoms with Crippen molar-refractivity contribution >= 4 is 11.6 Å². The standard InChI is InChI=1S/C24H28F2N2O2/c25-20-3-1-2-17(12-20)5-4-16-8-10-28(11-9-16)15-22(29)19-13-18-6-7-23(30)27-24(18)21(26)14-19/h1-3,12-14,16,22,29H,4-11,15H2,(H,27,30). The lowest BCUT2D eigenvalue weighted by Gasteiger charge is -2.33. The lowest BCUT2D eigenvalue weighted by atomic mass is 9.90. The van der Waals surface area contributed by atoms with E-state index in [0.29, 0.717) is 30.9 Å². The van der Waals surface area contributed by atoms with Gasteiger partial charge in [0.25, 0.3) is 0 Å². The summed E-state index contributed by atoms with van der Waals surface area (Å²) in [6.45, 7) is 2.27. The number of piperidine rings is 1. The number of aryl methyl sites for hydroxylation is 2. The molecule has 2 heterocycles. The smallest absolute Gasteiger partial charge is 0.224 e. The molecule has 2 aromatic rings. The number of carbonyl (C=O) groups excluding carboxylic acids is 1. The van der Waals surface area contributed by atoms with Gasteiger partial charge in [-0.1, -0.05) is 18.2 Å². The molecule has 1 amide bonds. The Morgan fingerprint density at radius 3 is 2.70 bits per heavy atom. The zero-order chi connectivity index (χ0) is 21.1. The highest BCUT2D eigenvalue weighted by Gasteiger charge is 2.24. The van der Waals surface area contributed by atoms with Crippen LogP contribution < -0.4 is 5.32 Å². The van der Waals surface area contributed by atoms with Gasteiger partial charge in [-0.3, -0.25) is 4.79 Å². The van der Waals surface area contributed by atoms with Crippen molar-refractivity contribution in [1.29, 1.82) is 0 Å². The topological polar surface area (TPSA) is 52.6 Å². The summed E-state index contributed by atoms with van der Waals surface area (Å²) < 4.78 is 27.7. The molecule has 1 unspecified atom stereocenters. The van der Waals surface area contributed by atoms with Crippen molar-refractivity contribution in [2.24, 2.45) is 5.92 Å². The van der Waals surface area contributed by atoms with Crippen LogP contribution in [0.25, 0.3) is 0 Å². The van der Waals surface area contributed by atoms with Gasteiger partial charge in [0.2, 0.25) is 5.91 Å². The van der Waals surface area contributed by atoms with E-state index in [2.05, 4.69) is 10.2 Å². The molecule has 0 aliphatic carbocycles. The van der Waals surface area contributed by atoms with Crippen LogP contribution in [0.15, 0.2) is 36.4 Å². The first-order chi connectivity index (χ1) is 14.5. The van der Waals surface area contributed by atoms with Crippen LogP contribution in [0.3, 0.4) is 0 Å². The Kier molecular flexibility index (Phi) is 6.44. The summed E-state index contributed by atoms with van der Waals surface area (Å²) in [7, 11) is 0. The molecular weight excluding hydrogens is 386 g/mol. The molecule has 4 rings (SSSR count). The van der Waals surface area contributed by atoms with Crippen molar-refractivity contribution in [3.8, 4) is 0 Å². The number of fused-ring (bicyclic) bond motifs is 1. The van der Waals surface area contributed by atoms with Gasteiger partial charge in [-0.05, 0) is 86.0 Å². The van der Waals surface area contributed by atoms with E-state index in [1.54, 1.807) is 12.1 Å². The van der Waals surface area contributed by atoms with Crippen LogP contribution in [0.1, 0.15) is 48.5 Å². The van der Waals surface area contributed by atoms with E-state index in [0.717, 1.165) is 49.9 Å². The number of amides is 1. The van der Waals surface area contributed by atoms with Crippen LogP contribution in [-0.4, -0.2) is 35.5 Å². The molecule has 160 valence electrons. The van der Waals surface area contributed by atoms with Crippen LogP contribution in [0.4, 0.5) is 14.5 Å². The fourth-order valence-electron chi connectivity index (χ4n) is 4.54. The summed E-state index contributed by atoms with van der Waals surface area (Å²) in [5.41, 5.74) is 2.61. The first kappa shape index (κ1) is 20.9. The number of nitrogens with one attached hydrogen (secondary N) is 1. The van der Waals surface area contributed by atoms with Gasteiger partial charge >= 0.3 is 0 Å². The number of likely N-dealkylation sites (tertiary alicyclic amines) is 1. The largest absolute Gasteiger partial charge is 0.387 e. The lowest BCUT2D eigenvalue weighted by Crippen LogP contribution is -2.36. The molecule has 1 atom stereocenters. The summed E-state index contributed by atoms with van der Waals surface area (Å²) in [6, 6.07) is 9.95. The van der Waals surface area contributed by atoms with Crippen molar-refractivity contribution in [3.63, 3.8) is 0 Å². The van der Waals surface area contributed by atoms with Gasteiger partial charge in [-0.15, -0.1) is 0 Å². The Bertz CT molecular complexity index is 910. The van der Waals surface area contributed by atoms with E-state index in [-0.39, 0.29) is 17.4 Å². The number of benzene rings is 2. The van der Waals surface area contributed by atoms with Crippen LogP contribution in [-0.2, 0) is 17.6 Å². The summed E-state index contributed by atoms with van der Waals surface area (Å²) >= 11 is 0. The molecule has 1 fully saturated rings. The number of hydrogen-bond acceptors (Lipinski definition) is 3. The molecule has 0 radical (unpaired) electrons. The quantitative estimate of drug-likeness (QED) is 0.744. The predicted molar refractivity (Wildman–Crippen MR) is 112 cm³/mol. The van der Waals surface area contributed by atoms with Crippen LogP contribution >= 0.6 is 0 Å². The minimum atomic E-state index is -0.758. The molecule has 2 aliphatic rings. The Hall–Kier alpha value is -2.31. The zero-order valence-electron chi connectivity index (χ0n) is 17.0. The number of hydrogen-bond donors (Lipinski definition) is 2. The van der Waals surface area contributed by atoms with E-state index in [1.165, 1.54) is 12.1 Å². The fraction of sp³-hybridized carbons (Fsp3) is 0.458. The molecule has 1 saturated heterocycles. The third-order valence-electron chi connectivity index (χ3n) is 6.33. The van der Waals surface area contributed by atoms with E-state index < -0.39 is 11.9 Å². The number of carbonyl (C=O) groups is 1. The van der Waals surface area contributed by atoms with Crippen molar-refractivity contribution in [1.82, 2.24) is 4.90 Å². The minimum absolute atomic E-state index is 0.171. The Morgan fingerprint density at radius 2 is 1.93 bits per heavy atom. The molecular formula is C24H28F2N2O2. The highest BCUT2D eigenvalue weighted by Crippen LogP contribution is 2.30. The average Bonchev–Trinajstić information content (AvgIpc) is 2.73. The molecule has 2 aromatic carbocycles. The van der Waals surface area contributed by atoms with E-state index in [9.17, 15) is 18.7 Å². The number of halogens is 2. The lowest BCUT2D eigenvalue weighted by molar-refractivity contribution is -0.116. The van der Waals surface area contributed by atoms with Crippen molar-refractivity contribution in [2.75, 3.05) is 25.0 Å². The average molecular weight is 414 g/mol. The molecule has 6 heteroatoms. The molecule has 30 heavy (non-hydrogen) atoms. The Labute approximate surface area is 175 Å². The number of rotatable bonds is 6. The summed E-state index contributed by atoms with van der Waals surface area (Å²) in [6.07, 6.45) is 4.10. The second kappa shape index (κ2) is 9.23. The number of anilines is 1. The predicted octanol–water partition coefficient (Wildman–Crippen LogP) is 4.23. The molecule has 2 N–H and O–H groups in total. The third-order valence-corrected chi connectivity index (χ3v) is 6.33. The van der Waals surface area contributed by atoms with Crippen molar-refractivity contribution < 1.29 is 18.7 Å². The van der Waals surface area contributed by atoms with Crippen molar-refractivity contribution in [2.45, 2.75) is 44.6 Å². The Morgan fingerprint density at radius 1 is 1.13 bits per heavy atom. The van der Waals surface area contributed by atoms with Gasteiger partial charge in [0, 0.05) is 13.0 Å². The van der Waals surface area contributed by atoms with E-state index >= 15 is 0 Å². The number of aliphatic hydroxyl groups is 1. The maximum atomic E-state index is 14.4. The molecule has 0 saturated carbocycles. The van der Waals surface area contributed by atoms with Gasteiger partial charge in [0.15, 0.2) is 0 Å². The minimum Gasteiger partial charge on any atom is -0.387 e. The molecule has 0 aromatic heterocycles. The molecule has 2 aliphatic heterocycles. The highest BCUT2D eigenvalue weighted by atomic mass is 19.1. The van der Waals surface area contributed by atoms with Crippen LogP contribution in [0.2, 0.25) is 0 Å². The summed E-state index contributed by atoms with van der Waals surface area (Å²) in [5, 5.41) is 13.2. The number of β-amino-alcohol motifs (C(OH)–C–C–N with tert-alkyl or cyclic N) is 1. The maximum absolute atomic E-state index is 14.4. The summed E-state index contributed by atoms with van der Waals surface area (Å²) in [5.74, 6) is -0.232. The maximum Gasteiger partial charge on any atom is 0.224 e. The van der Waals surface area contributed by atoms with Gasteiger partial charge < -0.3 is 15.3 Å². The SMILES string of the molecule is O=C1CCc2cc(C(O)CN3CCC(CCc4cccc(F)c4)CC3)cc(F)c2N1. The van der Waals surface area contributed by atoms with Gasteiger partial charge in [-0.2, -0.15) is 0 Å². The molecule has 0 spiro atoms. The summed E-state index contributed by atoms with van der Waals surface area (Å²) in [4.78, 5) is 13.7. The van der Waals surface area contributed by atoms with Gasteiger partial charge in [0.05, 0.1) is 11.8 Å². The number of nitrogens with zero attached hydrogens (tertiary/aromatic N) is 1. The molecule has 4 nitrogen and oxygen atoms in total. The van der Waals surface area contributed by atoms with Crippen molar-refractivity contribution in [3.05, 3.63) is 64.7 Å². The first-order valence-electron chi connectivity index (χ1n) is 10.7. The zero-order valence-corrected chi connectivity index (χ0v) is 17.0. The number of aliphatic hydroxyl groups excluding tert-OH is 1. The van der Waals surface area contributed by atoms with Gasteiger partial charge in [-0.25, -0.2) is 8.78 Å². The first-order valence-corrected chi connectivity index (χ1v) is 10.7. The highest BCUT2D eigenvalue weighted by molar-refractivity contribution is 5.94. The fourth-order valence-corrected chi connectivity index (χ4v) is 4.54. The normalized spacial score (nSPS) is 18.7. The van der Waals surface area contributed by atoms with E-state index in [1.807, 2.05) is 12.1 Å². The second-order valence-corrected chi connectivity index (χ2v) is 8.51. The Balaban J connectivity index is 1.28. The second-order valence-electron chi connectivity index (χ2n) is 8.51. The van der Waals surface area contributed by atoms with Crippen LogP contribution in [0, 0.1) is 17.6 Å². The third kappa shape index (κ3) is 5.05. The van der Waals surface area contributed by atoms with Gasteiger partial charge in [0.1, 0.15) is 11.6 Å². The van der Waals surface area contributed by atoms with Crippen LogP contribution in [0.5, 0.6) is 0 Å². The molecule has 0 bridgehead atoms. The monoisotopic (exact) mass is 414 g/mol. The van der Waals surface area contributed by atoms with E-state index in [4.69, 9.17) is 0 Å².